The predicted molar refractivity (Wildman–Crippen MR) is 83.8 cm³/mol. The van der Waals surface area contributed by atoms with Crippen LogP contribution in [0.1, 0.15) is 16.2 Å². The topological polar surface area (TPSA) is 97.2 Å². The zero-order chi connectivity index (χ0) is 16.2. The highest BCUT2D eigenvalue weighted by atomic mass is 16.5. The number of esters is 1. The maximum Gasteiger partial charge on any atom is 0.359 e. The lowest BCUT2D eigenvalue weighted by atomic mass is 10.2. The monoisotopic (exact) mass is 311 g/mol. The fourth-order valence-corrected chi connectivity index (χ4v) is 2.07. The number of fused-ring (bicyclic) bond motifs is 1. The SMILES string of the molecule is COC(=O)c1n[nH]c2ccc(NC(=O)C=Cc3ccco3)cc12. The molecular formula is C16H13N3O4. The first-order valence-corrected chi connectivity index (χ1v) is 6.76. The Kier molecular flexibility index (Phi) is 3.92. The smallest absolute Gasteiger partial charge is 0.359 e. The second kappa shape index (κ2) is 6.18. The van der Waals surface area contributed by atoms with Gasteiger partial charge in [-0.15, -0.1) is 0 Å². The van der Waals surface area contributed by atoms with E-state index in [2.05, 4.69) is 20.3 Å². The molecule has 0 aliphatic carbocycles. The molecule has 0 radical (unpaired) electrons. The van der Waals surface area contributed by atoms with Gasteiger partial charge in [0, 0.05) is 17.1 Å². The lowest BCUT2D eigenvalue weighted by Crippen LogP contribution is -2.07. The molecule has 1 aromatic carbocycles. The number of rotatable bonds is 4. The summed E-state index contributed by atoms with van der Waals surface area (Å²) >= 11 is 0. The number of hydrogen-bond acceptors (Lipinski definition) is 5. The van der Waals surface area contributed by atoms with Gasteiger partial charge in [-0.3, -0.25) is 9.89 Å². The zero-order valence-electron chi connectivity index (χ0n) is 12.2. The second-order valence-electron chi connectivity index (χ2n) is 4.66. The van der Waals surface area contributed by atoms with Gasteiger partial charge < -0.3 is 14.5 Å². The number of carbonyl (C=O) groups is 2. The lowest BCUT2D eigenvalue weighted by molar-refractivity contribution is -0.111. The summed E-state index contributed by atoms with van der Waals surface area (Å²) in [4.78, 5) is 23.5. The minimum absolute atomic E-state index is 0.171. The van der Waals surface area contributed by atoms with E-state index in [4.69, 9.17) is 4.42 Å². The van der Waals surface area contributed by atoms with Crippen molar-refractivity contribution in [3.63, 3.8) is 0 Å². The molecule has 0 bridgehead atoms. The van der Waals surface area contributed by atoms with Crippen LogP contribution in [0.2, 0.25) is 0 Å². The summed E-state index contributed by atoms with van der Waals surface area (Å²) in [5.41, 5.74) is 1.39. The first kappa shape index (κ1) is 14.6. The molecular weight excluding hydrogens is 298 g/mol. The van der Waals surface area contributed by atoms with Gasteiger partial charge in [0.25, 0.3) is 0 Å². The highest BCUT2D eigenvalue weighted by Crippen LogP contribution is 2.21. The molecule has 0 aliphatic rings. The van der Waals surface area contributed by atoms with Crippen LogP contribution in [0, 0.1) is 0 Å². The number of anilines is 1. The van der Waals surface area contributed by atoms with Gasteiger partial charge in [-0.1, -0.05) is 0 Å². The number of nitrogens with one attached hydrogen (secondary N) is 2. The van der Waals surface area contributed by atoms with Crippen molar-refractivity contribution in [1.82, 2.24) is 10.2 Å². The van der Waals surface area contributed by atoms with Crippen molar-refractivity contribution < 1.29 is 18.7 Å². The number of aromatic nitrogens is 2. The van der Waals surface area contributed by atoms with Crippen LogP contribution in [-0.2, 0) is 9.53 Å². The molecule has 7 heteroatoms. The van der Waals surface area contributed by atoms with E-state index in [-0.39, 0.29) is 11.6 Å². The summed E-state index contributed by atoms with van der Waals surface area (Å²) in [5.74, 6) is -0.278. The molecule has 2 aromatic heterocycles. The van der Waals surface area contributed by atoms with E-state index >= 15 is 0 Å². The van der Waals surface area contributed by atoms with E-state index in [1.807, 2.05) is 0 Å². The third-order valence-electron chi connectivity index (χ3n) is 3.15. The van der Waals surface area contributed by atoms with E-state index < -0.39 is 5.97 Å². The maximum atomic E-state index is 11.9. The zero-order valence-corrected chi connectivity index (χ0v) is 12.2. The third kappa shape index (κ3) is 3.13. The van der Waals surface area contributed by atoms with Crippen molar-refractivity contribution >= 4 is 34.5 Å². The molecule has 1 amide bonds. The third-order valence-corrected chi connectivity index (χ3v) is 3.15. The lowest BCUT2D eigenvalue weighted by Gasteiger charge is -2.02. The minimum atomic E-state index is -0.544. The molecule has 0 fully saturated rings. The van der Waals surface area contributed by atoms with Crippen molar-refractivity contribution in [2.75, 3.05) is 12.4 Å². The normalized spacial score (nSPS) is 11.0. The van der Waals surface area contributed by atoms with Gasteiger partial charge in [-0.05, 0) is 36.4 Å². The van der Waals surface area contributed by atoms with Gasteiger partial charge in [0.2, 0.25) is 5.91 Å². The molecule has 2 N–H and O–H groups in total. The molecule has 0 spiro atoms. The fourth-order valence-electron chi connectivity index (χ4n) is 2.07. The summed E-state index contributed by atoms with van der Waals surface area (Å²) in [6.07, 6.45) is 4.45. The Morgan fingerprint density at radius 2 is 2.22 bits per heavy atom. The quantitative estimate of drug-likeness (QED) is 0.570. The largest absolute Gasteiger partial charge is 0.465 e. The molecule has 23 heavy (non-hydrogen) atoms. The molecule has 0 aliphatic heterocycles. The van der Waals surface area contributed by atoms with Crippen molar-refractivity contribution in [1.29, 1.82) is 0 Å². The van der Waals surface area contributed by atoms with Crippen LogP contribution in [0.4, 0.5) is 5.69 Å². The molecule has 3 rings (SSSR count). The van der Waals surface area contributed by atoms with Crippen LogP contribution in [0.3, 0.4) is 0 Å². The first-order chi connectivity index (χ1) is 11.2. The van der Waals surface area contributed by atoms with E-state index in [1.165, 1.54) is 19.4 Å². The Morgan fingerprint density at radius 3 is 2.96 bits per heavy atom. The van der Waals surface area contributed by atoms with E-state index in [1.54, 1.807) is 36.4 Å². The predicted octanol–water partition coefficient (Wildman–Crippen LogP) is 2.59. The molecule has 0 atom stereocenters. The maximum absolute atomic E-state index is 11.9. The highest BCUT2D eigenvalue weighted by Gasteiger charge is 2.14. The Morgan fingerprint density at radius 1 is 1.35 bits per heavy atom. The van der Waals surface area contributed by atoms with E-state index in [9.17, 15) is 9.59 Å². The average Bonchev–Trinajstić information content (AvgIpc) is 3.21. The number of methoxy groups -OCH3 is 1. The standard InChI is InChI=1S/C16H13N3O4/c1-22-16(21)15-12-9-10(4-6-13(12)18-19-15)17-14(20)7-5-11-3-2-8-23-11/h2-9H,1H3,(H,17,20)(H,18,19). The van der Waals surface area contributed by atoms with E-state index in [0.717, 1.165) is 0 Å². The summed E-state index contributed by atoms with van der Waals surface area (Å²) in [6, 6.07) is 8.56. The van der Waals surface area contributed by atoms with Crippen molar-refractivity contribution in [2.24, 2.45) is 0 Å². The number of nitrogens with zero attached hydrogens (tertiary/aromatic N) is 1. The second-order valence-corrected chi connectivity index (χ2v) is 4.66. The van der Waals surface area contributed by atoms with Crippen LogP contribution in [0.5, 0.6) is 0 Å². The number of H-pyrrole nitrogens is 1. The number of amides is 1. The molecule has 0 saturated carbocycles. The van der Waals surface area contributed by atoms with Crippen molar-refractivity contribution in [3.8, 4) is 0 Å². The van der Waals surface area contributed by atoms with Gasteiger partial charge in [0.05, 0.1) is 18.9 Å². The van der Waals surface area contributed by atoms with Crippen molar-refractivity contribution in [2.45, 2.75) is 0 Å². The highest BCUT2D eigenvalue weighted by molar-refractivity contribution is 6.06. The fraction of sp³-hybridized carbons (Fsp3) is 0.0625. The number of ether oxygens (including phenoxy) is 1. The van der Waals surface area contributed by atoms with Gasteiger partial charge in [-0.25, -0.2) is 4.79 Å². The Bertz CT molecular complexity index is 878. The summed E-state index contributed by atoms with van der Waals surface area (Å²) < 4.78 is 9.78. The van der Waals surface area contributed by atoms with Crippen LogP contribution >= 0.6 is 0 Å². The van der Waals surface area contributed by atoms with Gasteiger partial charge >= 0.3 is 5.97 Å². The molecule has 3 aromatic rings. The molecule has 116 valence electrons. The Labute approximate surface area is 130 Å². The number of hydrogen-bond donors (Lipinski definition) is 2. The van der Waals surface area contributed by atoms with Gasteiger partial charge in [0.15, 0.2) is 5.69 Å². The van der Waals surface area contributed by atoms with Crippen LogP contribution in [0.15, 0.2) is 47.1 Å². The average molecular weight is 311 g/mol. The summed E-state index contributed by atoms with van der Waals surface area (Å²) in [6.45, 7) is 0. The number of furan rings is 1. The summed E-state index contributed by atoms with van der Waals surface area (Å²) in [7, 11) is 1.29. The Hall–Kier alpha value is -3.35. The molecule has 0 saturated heterocycles. The molecule has 2 heterocycles. The van der Waals surface area contributed by atoms with Crippen LogP contribution < -0.4 is 5.32 Å². The van der Waals surface area contributed by atoms with Crippen LogP contribution in [-0.4, -0.2) is 29.2 Å². The van der Waals surface area contributed by atoms with Gasteiger partial charge in [-0.2, -0.15) is 5.10 Å². The number of benzene rings is 1. The minimum Gasteiger partial charge on any atom is -0.465 e. The molecule has 7 nitrogen and oxygen atoms in total. The number of carbonyl (C=O) groups excluding carboxylic acids is 2. The van der Waals surface area contributed by atoms with Crippen LogP contribution in [0.25, 0.3) is 17.0 Å². The van der Waals surface area contributed by atoms with E-state index in [0.29, 0.717) is 22.4 Å². The summed E-state index contributed by atoms with van der Waals surface area (Å²) in [5, 5.41) is 9.94. The number of aromatic amines is 1. The van der Waals surface area contributed by atoms with Crippen molar-refractivity contribution in [3.05, 3.63) is 54.1 Å². The first-order valence-electron chi connectivity index (χ1n) is 6.76. The Balaban J connectivity index is 1.80. The van der Waals surface area contributed by atoms with Gasteiger partial charge in [0.1, 0.15) is 5.76 Å². The molecule has 0 unspecified atom stereocenters.